The van der Waals surface area contributed by atoms with E-state index in [9.17, 15) is 5.11 Å². The van der Waals surface area contributed by atoms with E-state index in [1.807, 2.05) is 13.8 Å². The van der Waals surface area contributed by atoms with Crippen LogP contribution in [-0.2, 0) is 5.60 Å². The maximum atomic E-state index is 11.1. The SMILES string of the molecule is CC.Cc1cccc2sc(C3(O)CCN(C)CC3C)cc12. The highest BCUT2D eigenvalue weighted by atomic mass is 32.1. The van der Waals surface area contributed by atoms with E-state index in [0.717, 1.165) is 24.4 Å². The van der Waals surface area contributed by atoms with E-state index in [2.05, 4.69) is 50.1 Å². The van der Waals surface area contributed by atoms with Gasteiger partial charge in [-0.1, -0.05) is 32.9 Å². The summed E-state index contributed by atoms with van der Waals surface area (Å²) in [6, 6.07) is 8.59. The minimum atomic E-state index is -0.650. The minimum Gasteiger partial charge on any atom is -0.384 e. The van der Waals surface area contributed by atoms with Crippen LogP contribution in [0.1, 0.15) is 37.6 Å². The topological polar surface area (TPSA) is 23.5 Å². The van der Waals surface area contributed by atoms with Crippen molar-refractivity contribution in [2.24, 2.45) is 5.92 Å². The van der Waals surface area contributed by atoms with Gasteiger partial charge in [-0.05, 0) is 43.5 Å². The van der Waals surface area contributed by atoms with Gasteiger partial charge in [0.1, 0.15) is 5.60 Å². The van der Waals surface area contributed by atoms with Crippen LogP contribution < -0.4 is 0 Å². The molecule has 2 heterocycles. The van der Waals surface area contributed by atoms with Crippen molar-refractivity contribution in [3.63, 3.8) is 0 Å². The van der Waals surface area contributed by atoms with Crippen molar-refractivity contribution in [2.75, 3.05) is 20.1 Å². The largest absolute Gasteiger partial charge is 0.384 e. The van der Waals surface area contributed by atoms with Gasteiger partial charge < -0.3 is 10.0 Å². The van der Waals surface area contributed by atoms with Crippen LogP contribution in [-0.4, -0.2) is 30.1 Å². The van der Waals surface area contributed by atoms with Gasteiger partial charge in [0.25, 0.3) is 0 Å². The molecule has 3 rings (SSSR count). The van der Waals surface area contributed by atoms with E-state index in [-0.39, 0.29) is 5.92 Å². The molecule has 2 aromatic rings. The molecule has 1 aliphatic rings. The Hall–Kier alpha value is -0.900. The number of nitrogens with zero attached hydrogens (tertiary/aromatic N) is 1. The van der Waals surface area contributed by atoms with Crippen LogP contribution >= 0.6 is 11.3 Å². The summed E-state index contributed by atoms with van der Waals surface area (Å²) in [5.41, 5.74) is 0.645. The lowest BCUT2D eigenvalue weighted by Crippen LogP contribution is -2.47. The number of rotatable bonds is 1. The second kappa shape index (κ2) is 6.47. The number of likely N-dealkylation sites (tertiary alicyclic amines) is 1. The van der Waals surface area contributed by atoms with Gasteiger partial charge in [-0.25, -0.2) is 0 Å². The molecule has 3 heteroatoms. The predicted molar refractivity (Wildman–Crippen MR) is 93.1 cm³/mol. The third-order valence-electron chi connectivity index (χ3n) is 4.48. The van der Waals surface area contributed by atoms with Crippen molar-refractivity contribution in [3.8, 4) is 0 Å². The molecular formula is C18H27NOS. The van der Waals surface area contributed by atoms with Crippen LogP contribution in [0.2, 0.25) is 0 Å². The molecule has 2 atom stereocenters. The van der Waals surface area contributed by atoms with E-state index in [1.54, 1.807) is 11.3 Å². The van der Waals surface area contributed by atoms with Crippen LogP contribution in [0.5, 0.6) is 0 Å². The molecule has 21 heavy (non-hydrogen) atoms. The van der Waals surface area contributed by atoms with Gasteiger partial charge in [0.2, 0.25) is 0 Å². The molecule has 1 aromatic heterocycles. The number of piperidine rings is 1. The van der Waals surface area contributed by atoms with E-state index in [4.69, 9.17) is 0 Å². The Morgan fingerprint density at radius 3 is 2.67 bits per heavy atom. The predicted octanol–water partition coefficient (Wildman–Crippen LogP) is 4.40. The molecule has 0 amide bonds. The average Bonchev–Trinajstić information content (AvgIpc) is 2.92. The molecule has 1 aliphatic heterocycles. The lowest BCUT2D eigenvalue weighted by Gasteiger charge is -2.41. The van der Waals surface area contributed by atoms with Crippen LogP contribution in [0.4, 0.5) is 0 Å². The fraction of sp³-hybridized carbons (Fsp3) is 0.556. The minimum absolute atomic E-state index is 0.277. The van der Waals surface area contributed by atoms with E-state index in [1.165, 1.54) is 15.6 Å². The lowest BCUT2D eigenvalue weighted by atomic mass is 9.81. The lowest BCUT2D eigenvalue weighted by molar-refractivity contribution is -0.0630. The zero-order chi connectivity index (χ0) is 15.6. The second-order valence-corrected chi connectivity index (χ2v) is 7.02. The summed E-state index contributed by atoms with van der Waals surface area (Å²) in [6.45, 7) is 10.2. The number of fused-ring (bicyclic) bond motifs is 1. The van der Waals surface area contributed by atoms with Gasteiger partial charge in [0.15, 0.2) is 0 Å². The number of thiophene rings is 1. The van der Waals surface area contributed by atoms with Crippen LogP contribution in [0.15, 0.2) is 24.3 Å². The van der Waals surface area contributed by atoms with Crippen molar-refractivity contribution in [2.45, 2.75) is 39.7 Å². The summed E-state index contributed by atoms with van der Waals surface area (Å²) in [6.07, 6.45) is 0.830. The summed E-state index contributed by atoms with van der Waals surface area (Å²) in [5, 5.41) is 12.4. The van der Waals surface area contributed by atoms with Gasteiger partial charge >= 0.3 is 0 Å². The van der Waals surface area contributed by atoms with Crippen LogP contribution in [0.25, 0.3) is 10.1 Å². The van der Waals surface area contributed by atoms with E-state index < -0.39 is 5.60 Å². The zero-order valence-corrected chi connectivity index (χ0v) is 14.6. The Morgan fingerprint density at radius 2 is 2.05 bits per heavy atom. The Kier molecular flexibility index (Phi) is 5.07. The monoisotopic (exact) mass is 305 g/mol. The second-order valence-electron chi connectivity index (χ2n) is 5.93. The fourth-order valence-corrected chi connectivity index (χ4v) is 4.47. The van der Waals surface area contributed by atoms with E-state index >= 15 is 0 Å². The van der Waals surface area contributed by atoms with Crippen LogP contribution in [0, 0.1) is 12.8 Å². The average molecular weight is 305 g/mol. The first kappa shape index (κ1) is 16.5. The Bertz CT molecular complexity index is 606. The maximum Gasteiger partial charge on any atom is 0.104 e. The van der Waals surface area contributed by atoms with Crippen molar-refractivity contribution in [3.05, 3.63) is 34.7 Å². The number of aliphatic hydroxyl groups is 1. The fourth-order valence-electron chi connectivity index (χ4n) is 3.10. The third kappa shape index (κ3) is 3.01. The van der Waals surface area contributed by atoms with Crippen molar-refractivity contribution >= 4 is 21.4 Å². The smallest absolute Gasteiger partial charge is 0.104 e. The number of benzene rings is 1. The van der Waals surface area contributed by atoms with Gasteiger partial charge in [-0.3, -0.25) is 0 Å². The quantitative estimate of drug-likeness (QED) is 0.844. The summed E-state index contributed by atoms with van der Waals surface area (Å²) in [7, 11) is 2.13. The highest BCUT2D eigenvalue weighted by molar-refractivity contribution is 7.19. The van der Waals surface area contributed by atoms with Crippen LogP contribution in [0.3, 0.4) is 0 Å². The van der Waals surface area contributed by atoms with Crippen molar-refractivity contribution in [1.82, 2.24) is 4.90 Å². The molecule has 1 N–H and O–H groups in total. The van der Waals surface area contributed by atoms with Gasteiger partial charge in [0, 0.05) is 28.6 Å². The molecule has 0 saturated carbocycles. The summed E-state index contributed by atoms with van der Waals surface area (Å²) in [5.74, 6) is 0.277. The third-order valence-corrected chi connectivity index (χ3v) is 5.75. The molecule has 0 bridgehead atoms. The molecular weight excluding hydrogens is 278 g/mol. The van der Waals surface area contributed by atoms with E-state index in [0.29, 0.717) is 0 Å². The Balaban J connectivity index is 0.000000774. The molecule has 2 unspecified atom stereocenters. The molecule has 1 saturated heterocycles. The molecule has 1 fully saturated rings. The molecule has 0 aliphatic carbocycles. The van der Waals surface area contributed by atoms with Crippen molar-refractivity contribution in [1.29, 1.82) is 0 Å². The molecule has 0 spiro atoms. The number of hydrogen-bond donors (Lipinski definition) is 1. The molecule has 1 aromatic carbocycles. The Morgan fingerprint density at radius 1 is 1.33 bits per heavy atom. The number of hydrogen-bond acceptors (Lipinski definition) is 3. The number of aryl methyl sites for hydroxylation is 1. The van der Waals surface area contributed by atoms with Gasteiger partial charge in [-0.2, -0.15) is 0 Å². The summed E-state index contributed by atoms with van der Waals surface area (Å²) >= 11 is 1.75. The first-order valence-corrected chi connectivity index (χ1v) is 8.73. The Labute approximate surface area is 132 Å². The normalized spacial score (nSPS) is 26.5. The van der Waals surface area contributed by atoms with Gasteiger partial charge in [0.05, 0.1) is 0 Å². The molecule has 0 radical (unpaired) electrons. The molecule has 116 valence electrons. The highest BCUT2D eigenvalue weighted by Crippen LogP contribution is 2.42. The van der Waals surface area contributed by atoms with Gasteiger partial charge in [-0.15, -0.1) is 11.3 Å². The first-order chi connectivity index (χ1) is 10.0. The summed E-state index contributed by atoms with van der Waals surface area (Å²) in [4.78, 5) is 3.44. The summed E-state index contributed by atoms with van der Waals surface area (Å²) < 4.78 is 1.29. The maximum absolute atomic E-state index is 11.1. The zero-order valence-electron chi connectivity index (χ0n) is 13.8. The van der Waals surface area contributed by atoms with Crippen molar-refractivity contribution < 1.29 is 5.11 Å². The first-order valence-electron chi connectivity index (χ1n) is 7.91. The highest BCUT2D eigenvalue weighted by Gasteiger charge is 2.40. The standard InChI is InChI=1S/C16H21NOS.C2H6/c1-11-5-4-6-14-13(11)9-15(19-14)16(18)7-8-17(3)10-12(16)2;1-2/h4-6,9,12,18H,7-8,10H2,1-3H3;1-2H3. The molecule has 2 nitrogen and oxygen atoms in total.